The maximum atomic E-state index is 11.9. The fourth-order valence-electron chi connectivity index (χ4n) is 1.74. The monoisotopic (exact) mass is 227 g/mol. The number of likely N-dealkylation sites (N-methyl/N-ethyl adjacent to an activating group) is 1. The van der Waals surface area contributed by atoms with Crippen molar-refractivity contribution >= 4 is 11.8 Å². The van der Waals surface area contributed by atoms with E-state index in [1.165, 1.54) is 0 Å². The highest BCUT2D eigenvalue weighted by Gasteiger charge is 2.29. The molecule has 1 heterocycles. The Kier molecular flexibility index (Phi) is 4.29. The molecule has 0 aromatic carbocycles. The Balaban J connectivity index is 2.42. The van der Waals surface area contributed by atoms with E-state index in [0.29, 0.717) is 13.0 Å². The molecule has 1 rings (SSSR count). The number of amides is 2. The first-order valence-corrected chi connectivity index (χ1v) is 5.78. The Bertz CT molecular complexity index is 266. The van der Waals surface area contributed by atoms with Gasteiger partial charge < -0.3 is 16.0 Å². The molecule has 0 aromatic heterocycles. The Labute approximate surface area is 96.4 Å². The van der Waals surface area contributed by atoms with Crippen LogP contribution in [0.3, 0.4) is 0 Å². The third-order valence-corrected chi connectivity index (χ3v) is 2.79. The van der Waals surface area contributed by atoms with Crippen LogP contribution < -0.4 is 16.0 Å². The van der Waals surface area contributed by atoms with Crippen LogP contribution >= 0.6 is 0 Å². The van der Waals surface area contributed by atoms with Crippen LogP contribution in [0, 0.1) is 0 Å². The van der Waals surface area contributed by atoms with Gasteiger partial charge in [0.05, 0.1) is 5.54 Å². The Morgan fingerprint density at radius 1 is 1.56 bits per heavy atom. The summed E-state index contributed by atoms with van der Waals surface area (Å²) in [6.45, 7) is 6.96. The van der Waals surface area contributed by atoms with E-state index in [4.69, 9.17) is 0 Å². The van der Waals surface area contributed by atoms with Gasteiger partial charge in [0.1, 0.15) is 0 Å². The van der Waals surface area contributed by atoms with Crippen LogP contribution in [0.15, 0.2) is 0 Å². The number of nitrogens with one attached hydrogen (secondary N) is 3. The summed E-state index contributed by atoms with van der Waals surface area (Å²) in [5, 5.41) is 8.82. The van der Waals surface area contributed by atoms with Gasteiger partial charge in [-0.1, -0.05) is 6.92 Å². The maximum Gasteiger partial charge on any atom is 0.240 e. The molecular formula is C11H21N3O2. The zero-order chi connectivity index (χ0) is 12.2. The predicted molar refractivity (Wildman–Crippen MR) is 61.9 cm³/mol. The van der Waals surface area contributed by atoms with E-state index in [0.717, 1.165) is 13.0 Å². The van der Waals surface area contributed by atoms with Gasteiger partial charge in [0.15, 0.2) is 0 Å². The molecule has 1 saturated heterocycles. The molecule has 92 valence electrons. The van der Waals surface area contributed by atoms with E-state index in [-0.39, 0.29) is 17.9 Å². The average Bonchev–Trinajstić information content (AvgIpc) is 2.21. The molecule has 0 radical (unpaired) electrons. The molecule has 0 spiro atoms. The number of piperidine rings is 1. The van der Waals surface area contributed by atoms with Gasteiger partial charge in [-0.25, -0.2) is 0 Å². The second kappa shape index (κ2) is 5.30. The third-order valence-electron chi connectivity index (χ3n) is 2.79. The molecule has 16 heavy (non-hydrogen) atoms. The molecule has 2 amide bonds. The van der Waals surface area contributed by atoms with Crippen molar-refractivity contribution in [1.82, 2.24) is 16.0 Å². The van der Waals surface area contributed by atoms with Crippen molar-refractivity contribution < 1.29 is 9.59 Å². The first kappa shape index (κ1) is 13.0. The first-order valence-electron chi connectivity index (χ1n) is 5.78. The van der Waals surface area contributed by atoms with Crippen LogP contribution in [0.25, 0.3) is 0 Å². The largest absolute Gasteiger partial charge is 0.354 e. The Hall–Kier alpha value is -1.10. The lowest BCUT2D eigenvalue weighted by atomic mass is 10.0. The normalized spacial score (nSPS) is 21.4. The molecule has 0 aromatic rings. The van der Waals surface area contributed by atoms with E-state index in [9.17, 15) is 9.59 Å². The average molecular weight is 227 g/mol. The van der Waals surface area contributed by atoms with Crippen molar-refractivity contribution in [2.45, 2.75) is 45.2 Å². The summed E-state index contributed by atoms with van der Waals surface area (Å²) >= 11 is 0. The minimum Gasteiger partial charge on any atom is -0.354 e. The molecule has 0 bridgehead atoms. The van der Waals surface area contributed by atoms with E-state index in [1.54, 1.807) is 0 Å². The van der Waals surface area contributed by atoms with Crippen molar-refractivity contribution in [2.24, 2.45) is 0 Å². The van der Waals surface area contributed by atoms with Gasteiger partial charge in [-0.2, -0.15) is 0 Å². The fraction of sp³-hybridized carbons (Fsp3) is 0.818. The summed E-state index contributed by atoms with van der Waals surface area (Å²) in [7, 11) is 0. The second-order valence-electron chi connectivity index (χ2n) is 4.67. The van der Waals surface area contributed by atoms with Gasteiger partial charge in [0, 0.05) is 19.0 Å². The lowest BCUT2D eigenvalue weighted by Crippen LogP contribution is -2.57. The molecule has 1 unspecified atom stereocenters. The van der Waals surface area contributed by atoms with Crippen molar-refractivity contribution in [3.8, 4) is 0 Å². The van der Waals surface area contributed by atoms with Crippen molar-refractivity contribution in [1.29, 1.82) is 0 Å². The zero-order valence-electron chi connectivity index (χ0n) is 10.2. The van der Waals surface area contributed by atoms with Gasteiger partial charge in [-0.05, 0) is 26.8 Å². The maximum absolute atomic E-state index is 11.9. The summed E-state index contributed by atoms with van der Waals surface area (Å²) in [6, 6.07) is 0.0585. The van der Waals surface area contributed by atoms with Crippen molar-refractivity contribution in [3.63, 3.8) is 0 Å². The second-order valence-corrected chi connectivity index (χ2v) is 4.67. The van der Waals surface area contributed by atoms with Gasteiger partial charge in [-0.3, -0.25) is 9.59 Å². The molecule has 0 saturated carbocycles. The fourth-order valence-corrected chi connectivity index (χ4v) is 1.74. The summed E-state index contributed by atoms with van der Waals surface area (Å²) in [4.78, 5) is 22.9. The number of rotatable bonds is 4. The summed E-state index contributed by atoms with van der Waals surface area (Å²) in [5.74, 6) is 0.0481. The number of hydrogen-bond acceptors (Lipinski definition) is 3. The summed E-state index contributed by atoms with van der Waals surface area (Å²) < 4.78 is 0. The molecule has 1 atom stereocenters. The molecule has 5 heteroatoms. The van der Waals surface area contributed by atoms with Crippen LogP contribution in [0.4, 0.5) is 0 Å². The Morgan fingerprint density at radius 2 is 2.25 bits per heavy atom. The highest BCUT2D eigenvalue weighted by atomic mass is 16.2. The first-order chi connectivity index (χ1) is 7.45. The molecule has 1 fully saturated rings. The van der Waals surface area contributed by atoms with Crippen LogP contribution in [0.1, 0.15) is 33.6 Å². The SMILES string of the molecule is CCNC(C)(C)C(=O)NC1CCC(=O)NC1. The Morgan fingerprint density at radius 3 is 2.75 bits per heavy atom. The molecule has 3 N–H and O–H groups in total. The zero-order valence-corrected chi connectivity index (χ0v) is 10.2. The minimum atomic E-state index is -0.559. The van der Waals surface area contributed by atoms with E-state index in [1.807, 2.05) is 20.8 Å². The predicted octanol–water partition coefficient (Wildman–Crippen LogP) is -0.231. The quantitative estimate of drug-likeness (QED) is 0.621. The molecule has 5 nitrogen and oxygen atoms in total. The number of carbonyl (C=O) groups is 2. The number of hydrogen-bond donors (Lipinski definition) is 3. The third kappa shape index (κ3) is 3.48. The molecular weight excluding hydrogens is 206 g/mol. The highest BCUT2D eigenvalue weighted by molar-refractivity contribution is 5.86. The topological polar surface area (TPSA) is 70.2 Å². The van der Waals surface area contributed by atoms with Gasteiger partial charge in [0.2, 0.25) is 11.8 Å². The van der Waals surface area contributed by atoms with Gasteiger partial charge in [0.25, 0.3) is 0 Å². The van der Waals surface area contributed by atoms with E-state index >= 15 is 0 Å². The lowest BCUT2D eigenvalue weighted by molar-refractivity contribution is -0.129. The van der Waals surface area contributed by atoms with Gasteiger partial charge in [-0.15, -0.1) is 0 Å². The lowest BCUT2D eigenvalue weighted by Gasteiger charge is -2.29. The van der Waals surface area contributed by atoms with E-state index in [2.05, 4.69) is 16.0 Å². The smallest absolute Gasteiger partial charge is 0.240 e. The summed E-state index contributed by atoms with van der Waals surface area (Å²) in [5.41, 5.74) is -0.559. The van der Waals surface area contributed by atoms with Gasteiger partial charge >= 0.3 is 0 Å². The highest BCUT2D eigenvalue weighted by Crippen LogP contribution is 2.06. The van der Waals surface area contributed by atoms with Crippen LogP contribution in [-0.4, -0.2) is 36.5 Å². The number of carbonyl (C=O) groups excluding carboxylic acids is 2. The molecule has 1 aliphatic rings. The minimum absolute atomic E-state index is 0.0181. The molecule has 0 aliphatic carbocycles. The van der Waals surface area contributed by atoms with E-state index < -0.39 is 5.54 Å². The van der Waals surface area contributed by atoms with Crippen LogP contribution in [-0.2, 0) is 9.59 Å². The molecule has 1 aliphatic heterocycles. The van der Waals surface area contributed by atoms with Crippen molar-refractivity contribution in [2.75, 3.05) is 13.1 Å². The van der Waals surface area contributed by atoms with Crippen molar-refractivity contribution in [3.05, 3.63) is 0 Å². The standard InChI is InChI=1S/C11H21N3O2/c1-4-13-11(2,3)10(16)14-8-5-6-9(15)12-7-8/h8,13H,4-7H2,1-3H3,(H,12,15)(H,14,16). The summed E-state index contributed by atoms with van der Waals surface area (Å²) in [6.07, 6.45) is 1.21. The van der Waals surface area contributed by atoms with Crippen LogP contribution in [0.5, 0.6) is 0 Å². The van der Waals surface area contributed by atoms with Crippen LogP contribution in [0.2, 0.25) is 0 Å².